The number of amides is 1. The zero-order valence-electron chi connectivity index (χ0n) is 11.9. The Balaban J connectivity index is 2.05. The molecule has 0 bridgehead atoms. The summed E-state index contributed by atoms with van der Waals surface area (Å²) in [7, 11) is 0. The molecule has 1 heterocycles. The van der Waals surface area contributed by atoms with Crippen molar-refractivity contribution in [1.29, 1.82) is 0 Å². The molecule has 0 aliphatic rings. The number of nitrogens with one attached hydrogen (secondary N) is 1. The topological polar surface area (TPSA) is 34.0 Å². The second-order valence-electron chi connectivity index (χ2n) is 5.06. The lowest BCUT2D eigenvalue weighted by Crippen LogP contribution is -2.19. The lowest BCUT2D eigenvalue weighted by Gasteiger charge is -2.08. The molecule has 3 heteroatoms. The van der Waals surface area contributed by atoms with Crippen molar-refractivity contribution in [3.05, 3.63) is 52.8 Å². The molecule has 0 radical (unpaired) electrons. The zero-order chi connectivity index (χ0) is 14.0. The van der Waals surface area contributed by atoms with Crippen LogP contribution in [-0.2, 0) is 11.3 Å². The lowest BCUT2D eigenvalue weighted by molar-refractivity contribution is -0.116. The molecule has 100 valence electrons. The first kappa shape index (κ1) is 13.4. The number of aryl methyl sites for hydroxylation is 2. The van der Waals surface area contributed by atoms with E-state index >= 15 is 0 Å². The fraction of sp³-hybridized carbons (Fsp3) is 0.312. The van der Waals surface area contributed by atoms with Crippen molar-refractivity contribution >= 4 is 11.6 Å². The predicted octanol–water partition coefficient (Wildman–Crippen LogP) is 3.36. The van der Waals surface area contributed by atoms with Gasteiger partial charge in [-0.15, -0.1) is 0 Å². The molecule has 0 aliphatic carbocycles. The third-order valence-corrected chi connectivity index (χ3v) is 3.56. The average molecular weight is 256 g/mol. The normalized spacial score (nSPS) is 10.5. The van der Waals surface area contributed by atoms with Crippen LogP contribution in [-0.4, -0.2) is 10.5 Å². The van der Waals surface area contributed by atoms with Crippen LogP contribution < -0.4 is 5.32 Å². The van der Waals surface area contributed by atoms with E-state index < -0.39 is 0 Å². The molecule has 1 N–H and O–H groups in total. The van der Waals surface area contributed by atoms with Crippen LogP contribution in [0.25, 0.3) is 0 Å². The minimum absolute atomic E-state index is 0.00181. The van der Waals surface area contributed by atoms with Crippen molar-refractivity contribution in [2.75, 3.05) is 5.32 Å². The summed E-state index contributed by atoms with van der Waals surface area (Å²) >= 11 is 0. The largest absolute Gasteiger partial charge is 0.342 e. The van der Waals surface area contributed by atoms with Gasteiger partial charge in [0.05, 0.1) is 0 Å². The van der Waals surface area contributed by atoms with Crippen LogP contribution in [0.5, 0.6) is 0 Å². The van der Waals surface area contributed by atoms with Crippen molar-refractivity contribution in [3.63, 3.8) is 0 Å². The highest BCUT2D eigenvalue weighted by Crippen LogP contribution is 2.15. The van der Waals surface area contributed by atoms with Gasteiger partial charge in [-0.3, -0.25) is 4.79 Å². The van der Waals surface area contributed by atoms with E-state index in [-0.39, 0.29) is 5.91 Å². The van der Waals surface area contributed by atoms with Crippen LogP contribution in [0.15, 0.2) is 30.5 Å². The Labute approximate surface area is 114 Å². The van der Waals surface area contributed by atoms with E-state index in [1.54, 1.807) is 0 Å². The van der Waals surface area contributed by atoms with Crippen molar-refractivity contribution < 1.29 is 4.79 Å². The Bertz CT molecular complexity index is 594. The zero-order valence-corrected chi connectivity index (χ0v) is 11.9. The van der Waals surface area contributed by atoms with E-state index in [1.807, 2.05) is 48.9 Å². The number of carbonyl (C=O) groups is 1. The first-order valence-corrected chi connectivity index (χ1v) is 6.47. The Morgan fingerprint density at radius 3 is 2.26 bits per heavy atom. The molecule has 0 saturated carbocycles. The SMILES string of the molecule is Cc1ccc(NC(=O)Cn2cc(C)c(C)c2C)cc1. The number of anilines is 1. The Kier molecular flexibility index (Phi) is 3.74. The molecule has 1 aromatic carbocycles. The smallest absolute Gasteiger partial charge is 0.244 e. The first-order valence-electron chi connectivity index (χ1n) is 6.47. The van der Waals surface area contributed by atoms with Crippen molar-refractivity contribution in [3.8, 4) is 0 Å². The molecule has 0 fully saturated rings. The Morgan fingerprint density at radius 2 is 1.74 bits per heavy atom. The molecule has 19 heavy (non-hydrogen) atoms. The van der Waals surface area contributed by atoms with Crippen LogP contribution in [0.1, 0.15) is 22.4 Å². The fourth-order valence-corrected chi connectivity index (χ4v) is 2.08. The van der Waals surface area contributed by atoms with E-state index in [4.69, 9.17) is 0 Å². The maximum Gasteiger partial charge on any atom is 0.244 e. The summed E-state index contributed by atoms with van der Waals surface area (Å²) in [6, 6.07) is 7.83. The molecule has 0 aliphatic heterocycles. The van der Waals surface area contributed by atoms with Gasteiger partial charge in [-0.2, -0.15) is 0 Å². The molecular formula is C16H20N2O. The molecule has 1 aromatic heterocycles. The summed E-state index contributed by atoms with van der Waals surface area (Å²) in [4.78, 5) is 12.0. The lowest BCUT2D eigenvalue weighted by atomic mass is 10.2. The summed E-state index contributed by atoms with van der Waals surface area (Å²) < 4.78 is 1.99. The van der Waals surface area contributed by atoms with Crippen LogP contribution >= 0.6 is 0 Å². The second kappa shape index (κ2) is 5.31. The highest BCUT2D eigenvalue weighted by Gasteiger charge is 2.09. The van der Waals surface area contributed by atoms with Gasteiger partial charge in [0.25, 0.3) is 0 Å². The van der Waals surface area contributed by atoms with Gasteiger partial charge >= 0.3 is 0 Å². The molecule has 0 spiro atoms. The number of carbonyl (C=O) groups excluding carboxylic acids is 1. The fourth-order valence-electron chi connectivity index (χ4n) is 2.08. The number of nitrogens with zero attached hydrogens (tertiary/aromatic N) is 1. The third-order valence-electron chi connectivity index (χ3n) is 3.56. The van der Waals surface area contributed by atoms with Gasteiger partial charge in [0.2, 0.25) is 5.91 Å². The maximum atomic E-state index is 12.0. The molecule has 2 aromatic rings. The van der Waals surface area contributed by atoms with Gasteiger partial charge in [-0.25, -0.2) is 0 Å². The molecule has 3 nitrogen and oxygen atoms in total. The van der Waals surface area contributed by atoms with E-state index in [1.165, 1.54) is 16.7 Å². The molecule has 2 rings (SSSR count). The van der Waals surface area contributed by atoms with Crippen LogP contribution in [0.3, 0.4) is 0 Å². The summed E-state index contributed by atoms with van der Waals surface area (Å²) in [6.45, 7) is 8.58. The number of aromatic nitrogens is 1. The van der Waals surface area contributed by atoms with Gasteiger partial charge in [-0.05, 0) is 51.0 Å². The minimum atomic E-state index is 0.00181. The average Bonchev–Trinajstić information content (AvgIpc) is 2.60. The molecule has 0 saturated heterocycles. The minimum Gasteiger partial charge on any atom is -0.342 e. The number of hydrogen-bond donors (Lipinski definition) is 1. The van der Waals surface area contributed by atoms with E-state index in [2.05, 4.69) is 19.2 Å². The number of rotatable bonds is 3. The van der Waals surface area contributed by atoms with Crippen LogP contribution in [0.4, 0.5) is 5.69 Å². The van der Waals surface area contributed by atoms with Gasteiger partial charge in [0, 0.05) is 17.6 Å². The van der Waals surface area contributed by atoms with Crippen molar-refractivity contribution in [2.45, 2.75) is 34.2 Å². The van der Waals surface area contributed by atoms with Crippen molar-refractivity contribution in [1.82, 2.24) is 4.57 Å². The number of hydrogen-bond acceptors (Lipinski definition) is 1. The first-order chi connectivity index (χ1) is 8.97. The molecule has 0 atom stereocenters. The standard InChI is InChI=1S/C16H20N2O/c1-11-5-7-15(8-6-11)17-16(19)10-18-9-12(2)13(3)14(18)4/h5-9H,10H2,1-4H3,(H,17,19). The monoisotopic (exact) mass is 256 g/mol. The highest BCUT2D eigenvalue weighted by atomic mass is 16.1. The summed E-state index contributed by atoms with van der Waals surface area (Å²) in [5.41, 5.74) is 5.65. The third kappa shape index (κ3) is 3.05. The van der Waals surface area contributed by atoms with Gasteiger partial charge in [0.15, 0.2) is 0 Å². The predicted molar refractivity (Wildman–Crippen MR) is 78.5 cm³/mol. The second-order valence-corrected chi connectivity index (χ2v) is 5.06. The molecule has 1 amide bonds. The van der Waals surface area contributed by atoms with Crippen molar-refractivity contribution in [2.24, 2.45) is 0 Å². The highest BCUT2D eigenvalue weighted by molar-refractivity contribution is 5.90. The quantitative estimate of drug-likeness (QED) is 0.897. The Morgan fingerprint density at radius 1 is 1.11 bits per heavy atom. The van der Waals surface area contributed by atoms with Gasteiger partial charge in [-0.1, -0.05) is 17.7 Å². The molecular weight excluding hydrogens is 236 g/mol. The van der Waals surface area contributed by atoms with Crippen LogP contribution in [0.2, 0.25) is 0 Å². The van der Waals surface area contributed by atoms with Crippen LogP contribution in [0, 0.1) is 27.7 Å². The van der Waals surface area contributed by atoms with Gasteiger partial charge in [0.1, 0.15) is 6.54 Å². The Hall–Kier alpha value is -2.03. The molecule has 0 unspecified atom stereocenters. The summed E-state index contributed by atoms with van der Waals surface area (Å²) in [5, 5.41) is 2.91. The number of benzene rings is 1. The van der Waals surface area contributed by atoms with E-state index in [9.17, 15) is 4.79 Å². The van der Waals surface area contributed by atoms with E-state index in [0.29, 0.717) is 6.54 Å². The van der Waals surface area contributed by atoms with Gasteiger partial charge < -0.3 is 9.88 Å². The van der Waals surface area contributed by atoms with E-state index in [0.717, 1.165) is 11.4 Å². The summed E-state index contributed by atoms with van der Waals surface area (Å²) in [6.07, 6.45) is 2.03. The maximum absolute atomic E-state index is 12.0. The summed E-state index contributed by atoms with van der Waals surface area (Å²) in [5.74, 6) is 0.00181.